The first-order valence-corrected chi connectivity index (χ1v) is 6.22. The summed E-state index contributed by atoms with van der Waals surface area (Å²) in [6.45, 7) is 4.16. The van der Waals surface area contributed by atoms with E-state index in [9.17, 15) is 4.39 Å². The summed E-state index contributed by atoms with van der Waals surface area (Å²) in [4.78, 5) is 2.19. The third-order valence-electron chi connectivity index (χ3n) is 3.24. The highest BCUT2D eigenvalue weighted by atomic mass is 19.1. The molecule has 0 amide bonds. The maximum absolute atomic E-state index is 12.8. The molecule has 1 rings (SSSR count). The molecule has 0 fully saturated rings. The predicted octanol–water partition coefficient (Wildman–Crippen LogP) is 1.87. The molecule has 0 spiro atoms. The van der Waals surface area contributed by atoms with Gasteiger partial charge in [-0.05, 0) is 30.7 Å². The van der Waals surface area contributed by atoms with E-state index in [2.05, 4.69) is 11.8 Å². The largest absolute Gasteiger partial charge is 0.384 e. The summed E-state index contributed by atoms with van der Waals surface area (Å²) in [5.74, 6) is 0.162. The molecule has 0 radical (unpaired) electrons. The van der Waals surface area contributed by atoms with E-state index in [4.69, 9.17) is 10.5 Å². The minimum Gasteiger partial charge on any atom is -0.384 e. The van der Waals surface area contributed by atoms with Gasteiger partial charge in [0.15, 0.2) is 0 Å². The molecule has 1 aromatic rings. The number of likely N-dealkylation sites (N-methyl/N-ethyl adjacent to an activating group) is 1. The Balaban J connectivity index is 2.61. The third kappa shape index (κ3) is 4.37. The van der Waals surface area contributed by atoms with Crippen molar-refractivity contribution in [3.63, 3.8) is 0 Å². The van der Waals surface area contributed by atoms with Crippen molar-refractivity contribution in [2.24, 2.45) is 11.7 Å². The highest BCUT2D eigenvalue weighted by Gasteiger charge is 2.20. The van der Waals surface area contributed by atoms with Crippen LogP contribution in [0.3, 0.4) is 0 Å². The fourth-order valence-electron chi connectivity index (χ4n) is 2.22. The zero-order chi connectivity index (χ0) is 13.5. The van der Waals surface area contributed by atoms with Crippen LogP contribution in [-0.4, -0.2) is 38.3 Å². The molecule has 0 aromatic heterocycles. The van der Waals surface area contributed by atoms with E-state index in [-0.39, 0.29) is 11.9 Å². The summed E-state index contributed by atoms with van der Waals surface area (Å²) in [6.07, 6.45) is 0. The maximum atomic E-state index is 12.8. The summed E-state index contributed by atoms with van der Waals surface area (Å²) in [5, 5.41) is 0. The van der Waals surface area contributed by atoms with Gasteiger partial charge >= 0.3 is 0 Å². The van der Waals surface area contributed by atoms with Gasteiger partial charge in [0, 0.05) is 26.2 Å². The van der Waals surface area contributed by atoms with Crippen LogP contribution in [0.5, 0.6) is 0 Å². The Labute approximate surface area is 109 Å². The lowest BCUT2D eigenvalue weighted by molar-refractivity contribution is 0.0953. The van der Waals surface area contributed by atoms with Crippen LogP contribution < -0.4 is 5.73 Å². The summed E-state index contributed by atoms with van der Waals surface area (Å²) in [7, 11) is 3.73. The lowest BCUT2D eigenvalue weighted by atomic mass is 10.0. The first-order valence-electron chi connectivity index (χ1n) is 6.22. The van der Waals surface area contributed by atoms with Crippen LogP contribution in [0.2, 0.25) is 0 Å². The molecule has 0 heterocycles. The number of methoxy groups -OCH3 is 1. The molecular formula is C14H23FN2O. The molecule has 2 unspecified atom stereocenters. The van der Waals surface area contributed by atoms with Gasteiger partial charge in [0.2, 0.25) is 0 Å². The molecule has 0 aliphatic carbocycles. The zero-order valence-corrected chi connectivity index (χ0v) is 11.4. The Morgan fingerprint density at radius 2 is 1.94 bits per heavy atom. The molecule has 2 atom stereocenters. The van der Waals surface area contributed by atoms with E-state index >= 15 is 0 Å². The Kier molecular flexibility index (Phi) is 6.25. The van der Waals surface area contributed by atoms with Crippen molar-refractivity contribution in [1.82, 2.24) is 4.90 Å². The number of ether oxygens (including phenoxy) is 1. The summed E-state index contributed by atoms with van der Waals surface area (Å²) < 4.78 is 18.0. The molecule has 0 saturated carbocycles. The number of rotatable bonds is 7. The second-order valence-corrected chi connectivity index (χ2v) is 4.78. The molecule has 2 N–H and O–H groups in total. The monoisotopic (exact) mass is 254 g/mol. The average molecular weight is 254 g/mol. The third-order valence-corrected chi connectivity index (χ3v) is 3.24. The van der Waals surface area contributed by atoms with Crippen molar-refractivity contribution in [2.45, 2.75) is 19.5 Å². The smallest absolute Gasteiger partial charge is 0.123 e. The average Bonchev–Trinajstić information content (AvgIpc) is 2.33. The molecule has 102 valence electrons. The quantitative estimate of drug-likeness (QED) is 0.807. The Bertz CT molecular complexity index is 342. The van der Waals surface area contributed by atoms with Crippen LogP contribution in [0, 0.1) is 11.7 Å². The normalized spacial score (nSPS) is 14.8. The fourth-order valence-corrected chi connectivity index (χ4v) is 2.22. The van der Waals surface area contributed by atoms with E-state index < -0.39 is 0 Å². The molecule has 1 aromatic carbocycles. The van der Waals surface area contributed by atoms with Gasteiger partial charge < -0.3 is 10.5 Å². The Morgan fingerprint density at radius 1 is 1.33 bits per heavy atom. The number of hydrogen-bond donors (Lipinski definition) is 1. The molecule has 0 saturated heterocycles. The highest BCUT2D eigenvalue weighted by Crippen LogP contribution is 2.13. The van der Waals surface area contributed by atoms with Gasteiger partial charge in [-0.25, -0.2) is 4.39 Å². The van der Waals surface area contributed by atoms with Crippen LogP contribution in [0.4, 0.5) is 4.39 Å². The first-order chi connectivity index (χ1) is 8.58. The van der Waals surface area contributed by atoms with E-state index in [0.717, 1.165) is 12.1 Å². The van der Waals surface area contributed by atoms with Crippen LogP contribution in [0.1, 0.15) is 12.5 Å². The number of nitrogens with zero attached hydrogens (tertiary/aromatic N) is 1. The molecular weight excluding hydrogens is 231 g/mol. The van der Waals surface area contributed by atoms with Crippen molar-refractivity contribution in [1.29, 1.82) is 0 Å². The van der Waals surface area contributed by atoms with Crippen LogP contribution in [0.15, 0.2) is 24.3 Å². The fraction of sp³-hybridized carbons (Fsp3) is 0.571. The topological polar surface area (TPSA) is 38.5 Å². The molecule has 4 heteroatoms. The SMILES string of the molecule is COCC(C)C(CN)N(C)Cc1ccc(F)cc1. The minimum atomic E-state index is -0.204. The second kappa shape index (κ2) is 7.46. The molecule has 0 aliphatic rings. The number of hydrogen-bond acceptors (Lipinski definition) is 3. The van der Waals surface area contributed by atoms with Crippen molar-refractivity contribution in [2.75, 3.05) is 27.3 Å². The van der Waals surface area contributed by atoms with Crippen LogP contribution >= 0.6 is 0 Å². The van der Waals surface area contributed by atoms with Gasteiger partial charge in [0.05, 0.1) is 6.61 Å². The van der Waals surface area contributed by atoms with Crippen LogP contribution in [-0.2, 0) is 11.3 Å². The summed E-state index contributed by atoms with van der Waals surface area (Å²) in [6, 6.07) is 6.84. The zero-order valence-electron chi connectivity index (χ0n) is 11.4. The molecule has 18 heavy (non-hydrogen) atoms. The summed E-state index contributed by atoms with van der Waals surface area (Å²) in [5.41, 5.74) is 6.91. The van der Waals surface area contributed by atoms with Crippen molar-refractivity contribution < 1.29 is 9.13 Å². The van der Waals surface area contributed by atoms with Crippen molar-refractivity contribution in [3.8, 4) is 0 Å². The molecule has 3 nitrogen and oxygen atoms in total. The van der Waals surface area contributed by atoms with Gasteiger partial charge in [-0.15, -0.1) is 0 Å². The van der Waals surface area contributed by atoms with Crippen molar-refractivity contribution in [3.05, 3.63) is 35.6 Å². The lowest BCUT2D eigenvalue weighted by Gasteiger charge is -2.31. The standard InChI is InChI=1S/C14H23FN2O/c1-11(10-18-3)14(8-16)17(2)9-12-4-6-13(15)7-5-12/h4-7,11,14H,8-10,16H2,1-3H3. The second-order valence-electron chi connectivity index (χ2n) is 4.78. The number of benzene rings is 1. The van der Waals surface area contributed by atoms with Gasteiger partial charge in [-0.1, -0.05) is 19.1 Å². The molecule has 0 aliphatic heterocycles. The first kappa shape index (κ1) is 15.1. The van der Waals surface area contributed by atoms with E-state index in [1.165, 1.54) is 12.1 Å². The number of nitrogens with two attached hydrogens (primary N) is 1. The van der Waals surface area contributed by atoms with Crippen LogP contribution in [0.25, 0.3) is 0 Å². The highest BCUT2D eigenvalue weighted by molar-refractivity contribution is 5.15. The van der Waals surface area contributed by atoms with E-state index in [1.807, 2.05) is 7.05 Å². The van der Waals surface area contributed by atoms with E-state index in [0.29, 0.717) is 19.1 Å². The minimum absolute atomic E-state index is 0.204. The predicted molar refractivity (Wildman–Crippen MR) is 71.7 cm³/mol. The van der Waals surface area contributed by atoms with Gasteiger partial charge in [0.1, 0.15) is 5.82 Å². The number of halogens is 1. The van der Waals surface area contributed by atoms with Gasteiger partial charge in [-0.3, -0.25) is 4.90 Å². The van der Waals surface area contributed by atoms with Gasteiger partial charge in [0.25, 0.3) is 0 Å². The molecule has 0 bridgehead atoms. The summed E-state index contributed by atoms with van der Waals surface area (Å²) >= 11 is 0. The lowest BCUT2D eigenvalue weighted by Crippen LogP contribution is -2.43. The Morgan fingerprint density at radius 3 is 2.44 bits per heavy atom. The van der Waals surface area contributed by atoms with E-state index in [1.54, 1.807) is 19.2 Å². The van der Waals surface area contributed by atoms with Crippen molar-refractivity contribution >= 4 is 0 Å². The van der Waals surface area contributed by atoms with Gasteiger partial charge in [-0.2, -0.15) is 0 Å². The maximum Gasteiger partial charge on any atom is 0.123 e. The Hall–Kier alpha value is -0.970.